The maximum atomic E-state index is 12.7. The Bertz CT molecular complexity index is 766. The van der Waals surface area contributed by atoms with Crippen molar-refractivity contribution in [3.63, 3.8) is 0 Å². The number of hydrogen-bond donors (Lipinski definition) is 0. The second kappa shape index (κ2) is 8.14. The number of rotatable bonds is 6. The van der Waals surface area contributed by atoms with E-state index >= 15 is 0 Å². The minimum absolute atomic E-state index is 0.0234. The molecule has 3 atom stereocenters. The molecule has 2 fully saturated rings. The highest BCUT2D eigenvalue weighted by atomic mass is 16.5. The molecule has 2 aromatic rings. The van der Waals surface area contributed by atoms with E-state index in [9.17, 15) is 4.79 Å². The number of hydrogen-bond acceptors (Lipinski definition) is 7. The van der Waals surface area contributed by atoms with E-state index in [1.807, 2.05) is 17.0 Å². The van der Waals surface area contributed by atoms with Gasteiger partial charge in [-0.25, -0.2) is 0 Å². The van der Waals surface area contributed by atoms with E-state index in [-0.39, 0.29) is 24.5 Å². The van der Waals surface area contributed by atoms with E-state index in [1.165, 1.54) is 0 Å². The largest absolute Gasteiger partial charge is 0.376 e. The Morgan fingerprint density at radius 2 is 2.19 bits per heavy atom. The van der Waals surface area contributed by atoms with E-state index in [4.69, 9.17) is 14.0 Å². The first kappa shape index (κ1) is 18.1. The van der Waals surface area contributed by atoms with Gasteiger partial charge in [0.05, 0.1) is 32.0 Å². The molecule has 27 heavy (non-hydrogen) atoms. The van der Waals surface area contributed by atoms with Crippen LogP contribution < -0.4 is 0 Å². The van der Waals surface area contributed by atoms with Gasteiger partial charge in [0, 0.05) is 18.9 Å². The highest BCUT2D eigenvalue weighted by molar-refractivity contribution is 5.78. The molecule has 0 bridgehead atoms. The number of morpholine rings is 1. The van der Waals surface area contributed by atoms with E-state index < -0.39 is 0 Å². The van der Waals surface area contributed by atoms with Gasteiger partial charge in [0.2, 0.25) is 11.8 Å². The molecule has 1 saturated heterocycles. The van der Waals surface area contributed by atoms with E-state index in [0.29, 0.717) is 44.0 Å². The Hall–Kier alpha value is -2.32. The number of aromatic nitrogens is 3. The Kier molecular flexibility index (Phi) is 5.45. The summed E-state index contributed by atoms with van der Waals surface area (Å²) in [6.45, 7) is 4.17. The second-order valence-electron chi connectivity index (χ2n) is 7.18. The van der Waals surface area contributed by atoms with Gasteiger partial charge in [-0.05, 0) is 43.4 Å². The molecule has 3 heterocycles. The molecule has 0 aromatic carbocycles. The zero-order chi connectivity index (χ0) is 18.6. The van der Waals surface area contributed by atoms with Crippen molar-refractivity contribution in [3.05, 3.63) is 41.8 Å². The van der Waals surface area contributed by atoms with Crippen LogP contribution in [0.3, 0.4) is 0 Å². The zero-order valence-corrected chi connectivity index (χ0v) is 15.4. The molecule has 1 aliphatic heterocycles. The minimum atomic E-state index is 0.0234. The highest BCUT2D eigenvalue weighted by Gasteiger charge is 2.42. The Balaban J connectivity index is 1.30. The van der Waals surface area contributed by atoms with Crippen LogP contribution in [0.15, 0.2) is 29.0 Å². The number of carbonyl (C=O) groups is 1. The molecule has 0 unspecified atom stereocenters. The van der Waals surface area contributed by atoms with Crippen molar-refractivity contribution in [2.75, 3.05) is 19.8 Å². The first-order valence-electron chi connectivity index (χ1n) is 9.36. The van der Waals surface area contributed by atoms with Crippen LogP contribution in [0.2, 0.25) is 0 Å². The van der Waals surface area contributed by atoms with E-state index in [1.54, 1.807) is 19.3 Å². The van der Waals surface area contributed by atoms with Gasteiger partial charge < -0.3 is 18.9 Å². The van der Waals surface area contributed by atoms with Crippen LogP contribution in [-0.4, -0.2) is 57.8 Å². The smallest absolute Gasteiger partial charge is 0.236 e. The fourth-order valence-electron chi connectivity index (χ4n) is 3.96. The number of pyridine rings is 1. The van der Waals surface area contributed by atoms with Crippen molar-refractivity contribution in [2.45, 2.75) is 44.9 Å². The molecule has 8 heteroatoms. The van der Waals surface area contributed by atoms with Gasteiger partial charge in [-0.15, -0.1) is 0 Å². The lowest BCUT2D eigenvalue weighted by Gasteiger charge is -2.37. The first-order valence-corrected chi connectivity index (χ1v) is 9.36. The normalized spacial score (nSPS) is 24.8. The first-order chi connectivity index (χ1) is 13.2. The maximum Gasteiger partial charge on any atom is 0.236 e. The maximum absolute atomic E-state index is 12.7. The van der Waals surface area contributed by atoms with Gasteiger partial charge in [-0.1, -0.05) is 5.16 Å². The molecular weight excluding hydrogens is 348 g/mol. The summed E-state index contributed by atoms with van der Waals surface area (Å²) in [6, 6.07) is 4.01. The Labute approximate surface area is 157 Å². The van der Waals surface area contributed by atoms with Gasteiger partial charge >= 0.3 is 0 Å². The summed E-state index contributed by atoms with van der Waals surface area (Å²) in [5.74, 6) is 1.33. The summed E-state index contributed by atoms with van der Waals surface area (Å²) in [4.78, 5) is 22.8. The van der Waals surface area contributed by atoms with Gasteiger partial charge in [0.15, 0.2) is 5.82 Å². The fourth-order valence-corrected chi connectivity index (χ4v) is 3.96. The lowest BCUT2D eigenvalue weighted by Crippen LogP contribution is -2.51. The van der Waals surface area contributed by atoms with Gasteiger partial charge in [-0.3, -0.25) is 9.78 Å². The summed E-state index contributed by atoms with van der Waals surface area (Å²) in [5, 5.41) is 3.75. The highest BCUT2D eigenvalue weighted by Crippen LogP contribution is 2.34. The molecule has 1 amide bonds. The number of fused-ring (bicyclic) bond motifs is 1. The second-order valence-corrected chi connectivity index (χ2v) is 7.18. The lowest BCUT2D eigenvalue weighted by molar-refractivity contribution is -0.143. The van der Waals surface area contributed by atoms with Gasteiger partial charge in [-0.2, -0.15) is 4.98 Å². The summed E-state index contributed by atoms with van der Waals surface area (Å²) >= 11 is 0. The fraction of sp³-hybridized carbons (Fsp3) is 0.579. The summed E-state index contributed by atoms with van der Waals surface area (Å²) in [6.07, 6.45) is 5.59. The van der Waals surface area contributed by atoms with Crippen molar-refractivity contribution in [1.29, 1.82) is 0 Å². The van der Waals surface area contributed by atoms with Crippen molar-refractivity contribution < 1.29 is 18.8 Å². The van der Waals surface area contributed by atoms with Crippen LogP contribution in [-0.2, 0) is 27.3 Å². The molecule has 4 rings (SSSR count). The molecule has 2 aromatic heterocycles. The van der Waals surface area contributed by atoms with Crippen molar-refractivity contribution >= 4 is 5.91 Å². The van der Waals surface area contributed by atoms with Crippen LogP contribution in [0.25, 0.3) is 0 Å². The topological polar surface area (TPSA) is 90.6 Å². The molecule has 0 radical (unpaired) electrons. The van der Waals surface area contributed by atoms with E-state index in [0.717, 1.165) is 18.4 Å². The quantitative estimate of drug-likeness (QED) is 0.759. The molecule has 1 aliphatic carbocycles. The van der Waals surface area contributed by atoms with Gasteiger partial charge in [0.1, 0.15) is 6.42 Å². The predicted molar refractivity (Wildman–Crippen MR) is 94.6 cm³/mol. The standard InChI is InChI=1S/C19H24N4O4/c1-13-21-18(27-22-13)10-19(24)23-6-7-26-17-9-15(8-16(17)23)12-25-11-14-2-4-20-5-3-14/h2-5,15-17H,6-12H2,1H3/t15-,16+,17-/m1/s1. The molecule has 0 spiro atoms. The lowest BCUT2D eigenvalue weighted by atomic mass is 10.1. The molecular formula is C19H24N4O4. The Morgan fingerprint density at radius 1 is 1.33 bits per heavy atom. The third-order valence-electron chi connectivity index (χ3n) is 5.20. The molecule has 1 saturated carbocycles. The summed E-state index contributed by atoms with van der Waals surface area (Å²) in [7, 11) is 0. The number of carbonyl (C=O) groups excluding carboxylic acids is 1. The number of ether oxygens (including phenoxy) is 2. The van der Waals surface area contributed by atoms with Crippen LogP contribution in [0, 0.1) is 12.8 Å². The van der Waals surface area contributed by atoms with Crippen molar-refractivity contribution in [1.82, 2.24) is 20.0 Å². The number of amides is 1. The third kappa shape index (κ3) is 4.33. The summed E-state index contributed by atoms with van der Waals surface area (Å²) in [5.41, 5.74) is 1.11. The van der Waals surface area contributed by atoms with Crippen LogP contribution in [0.1, 0.15) is 30.1 Å². The van der Waals surface area contributed by atoms with Crippen molar-refractivity contribution in [2.24, 2.45) is 5.92 Å². The molecule has 8 nitrogen and oxygen atoms in total. The van der Waals surface area contributed by atoms with Gasteiger partial charge in [0.25, 0.3) is 0 Å². The monoisotopic (exact) mass is 372 g/mol. The average Bonchev–Trinajstić information content (AvgIpc) is 3.27. The third-order valence-corrected chi connectivity index (χ3v) is 5.20. The average molecular weight is 372 g/mol. The van der Waals surface area contributed by atoms with Crippen LogP contribution in [0.4, 0.5) is 0 Å². The SMILES string of the molecule is Cc1noc(CC(=O)N2CCO[C@@H]3C[C@H](COCc4ccncc4)C[C@@H]32)n1. The number of aryl methyl sites for hydroxylation is 1. The zero-order valence-electron chi connectivity index (χ0n) is 15.4. The molecule has 2 aliphatic rings. The van der Waals surface area contributed by atoms with Crippen LogP contribution >= 0.6 is 0 Å². The molecule has 0 N–H and O–H groups in total. The Morgan fingerprint density at radius 3 is 2.96 bits per heavy atom. The minimum Gasteiger partial charge on any atom is -0.376 e. The summed E-state index contributed by atoms with van der Waals surface area (Å²) < 4.78 is 16.9. The van der Waals surface area contributed by atoms with Crippen LogP contribution in [0.5, 0.6) is 0 Å². The number of nitrogens with zero attached hydrogens (tertiary/aromatic N) is 4. The van der Waals surface area contributed by atoms with Crippen molar-refractivity contribution in [3.8, 4) is 0 Å². The van der Waals surface area contributed by atoms with E-state index in [2.05, 4.69) is 15.1 Å². The predicted octanol–water partition coefficient (Wildman–Crippen LogP) is 1.54. The molecule has 144 valence electrons.